The van der Waals surface area contributed by atoms with Crippen molar-refractivity contribution < 1.29 is 4.79 Å². The molecule has 1 aliphatic rings. The number of hydrogen-bond donors (Lipinski definition) is 1. The van der Waals surface area contributed by atoms with Gasteiger partial charge in [-0.15, -0.1) is 0 Å². The van der Waals surface area contributed by atoms with E-state index < -0.39 is 0 Å². The van der Waals surface area contributed by atoms with Crippen molar-refractivity contribution in [1.82, 2.24) is 20.1 Å². The van der Waals surface area contributed by atoms with Gasteiger partial charge in [0.2, 0.25) is 5.91 Å². The number of nitrogens with zero attached hydrogens (tertiary/aromatic N) is 3. The third-order valence-corrected chi connectivity index (χ3v) is 3.89. The molecule has 0 aliphatic carbocycles. The number of carbonyl (C=O) groups excluding carboxylic acids is 1. The lowest BCUT2D eigenvalue weighted by Gasteiger charge is -2.35. The van der Waals surface area contributed by atoms with Gasteiger partial charge >= 0.3 is 0 Å². The molecule has 1 aromatic rings. The van der Waals surface area contributed by atoms with Gasteiger partial charge < -0.3 is 10.2 Å². The standard InChI is InChI=1S/C15H24N4O/c1-12-10-14(4-5-16-12)11-17-15(20)13(2)19-8-6-18(3)7-9-19/h4-5,10,13H,6-9,11H2,1-3H3,(H,17,20)/t13-/m0/s1. The Morgan fingerprint density at radius 1 is 1.40 bits per heavy atom. The van der Waals surface area contributed by atoms with Crippen LogP contribution < -0.4 is 5.32 Å². The highest BCUT2D eigenvalue weighted by molar-refractivity contribution is 5.81. The summed E-state index contributed by atoms with van der Waals surface area (Å²) in [7, 11) is 2.12. The molecule has 1 aromatic heterocycles. The Hall–Kier alpha value is -1.46. The molecule has 0 radical (unpaired) electrons. The van der Waals surface area contributed by atoms with Gasteiger partial charge in [0.05, 0.1) is 6.04 Å². The first-order valence-corrected chi connectivity index (χ1v) is 7.18. The van der Waals surface area contributed by atoms with Crippen molar-refractivity contribution in [2.45, 2.75) is 26.4 Å². The molecule has 1 saturated heterocycles. The van der Waals surface area contributed by atoms with Gasteiger partial charge in [0.25, 0.3) is 0 Å². The van der Waals surface area contributed by atoms with Crippen LogP contribution in [0.5, 0.6) is 0 Å². The first-order valence-electron chi connectivity index (χ1n) is 7.18. The molecule has 20 heavy (non-hydrogen) atoms. The van der Waals surface area contributed by atoms with Crippen molar-refractivity contribution in [3.63, 3.8) is 0 Å². The summed E-state index contributed by atoms with van der Waals surface area (Å²) in [6.45, 7) is 8.48. The van der Waals surface area contributed by atoms with E-state index in [2.05, 4.69) is 27.1 Å². The highest BCUT2D eigenvalue weighted by Crippen LogP contribution is 2.06. The van der Waals surface area contributed by atoms with Crippen LogP contribution in [0.1, 0.15) is 18.2 Å². The molecule has 0 bridgehead atoms. The second kappa shape index (κ2) is 6.81. The van der Waals surface area contributed by atoms with Gasteiger partial charge in [0.1, 0.15) is 0 Å². The fourth-order valence-electron chi connectivity index (χ4n) is 2.43. The van der Waals surface area contributed by atoms with E-state index in [1.165, 1.54) is 0 Å². The van der Waals surface area contributed by atoms with Crippen molar-refractivity contribution in [1.29, 1.82) is 0 Å². The lowest BCUT2D eigenvalue weighted by atomic mass is 10.2. The fraction of sp³-hybridized carbons (Fsp3) is 0.600. The molecule has 0 unspecified atom stereocenters. The predicted octanol–water partition coefficient (Wildman–Crippen LogP) is 0.642. The quantitative estimate of drug-likeness (QED) is 0.877. The maximum absolute atomic E-state index is 12.2. The Kier molecular flexibility index (Phi) is 5.09. The lowest BCUT2D eigenvalue weighted by Crippen LogP contribution is -2.52. The number of piperazine rings is 1. The summed E-state index contributed by atoms with van der Waals surface area (Å²) in [4.78, 5) is 20.9. The summed E-state index contributed by atoms with van der Waals surface area (Å²) in [5.41, 5.74) is 2.07. The second-order valence-electron chi connectivity index (χ2n) is 5.54. The number of hydrogen-bond acceptors (Lipinski definition) is 4. The van der Waals surface area contributed by atoms with Gasteiger partial charge in [-0.3, -0.25) is 14.7 Å². The van der Waals surface area contributed by atoms with E-state index in [4.69, 9.17) is 0 Å². The van der Waals surface area contributed by atoms with E-state index >= 15 is 0 Å². The SMILES string of the molecule is Cc1cc(CNC(=O)[C@H](C)N2CCN(C)CC2)ccn1. The van der Waals surface area contributed by atoms with E-state index in [1.807, 2.05) is 26.0 Å². The Labute approximate surface area is 121 Å². The first kappa shape index (κ1) is 14.9. The Morgan fingerprint density at radius 3 is 2.75 bits per heavy atom. The van der Waals surface area contributed by atoms with Crippen LogP contribution in [0.15, 0.2) is 18.3 Å². The normalized spacial score (nSPS) is 18.8. The summed E-state index contributed by atoms with van der Waals surface area (Å²) in [6.07, 6.45) is 1.78. The summed E-state index contributed by atoms with van der Waals surface area (Å²) in [5, 5.41) is 3.01. The van der Waals surface area contributed by atoms with Crippen LogP contribution in [0.4, 0.5) is 0 Å². The van der Waals surface area contributed by atoms with Crippen molar-refractivity contribution in [2.24, 2.45) is 0 Å². The molecule has 1 atom stereocenters. The minimum absolute atomic E-state index is 0.0633. The number of rotatable bonds is 4. The minimum Gasteiger partial charge on any atom is -0.351 e. The van der Waals surface area contributed by atoms with E-state index in [9.17, 15) is 4.79 Å². The fourth-order valence-corrected chi connectivity index (χ4v) is 2.43. The molecule has 2 rings (SSSR count). The van der Waals surface area contributed by atoms with Crippen molar-refractivity contribution >= 4 is 5.91 Å². The van der Waals surface area contributed by atoms with E-state index in [0.717, 1.165) is 37.4 Å². The average Bonchev–Trinajstić information content (AvgIpc) is 2.45. The lowest BCUT2D eigenvalue weighted by molar-refractivity contribution is -0.126. The van der Waals surface area contributed by atoms with Gasteiger partial charge in [0.15, 0.2) is 0 Å². The zero-order valence-corrected chi connectivity index (χ0v) is 12.6. The number of pyridine rings is 1. The van der Waals surface area contributed by atoms with Crippen molar-refractivity contribution in [3.05, 3.63) is 29.6 Å². The molecule has 1 fully saturated rings. The van der Waals surface area contributed by atoms with E-state index in [-0.39, 0.29) is 11.9 Å². The van der Waals surface area contributed by atoms with Gasteiger partial charge in [-0.1, -0.05) is 0 Å². The third kappa shape index (κ3) is 4.02. The van der Waals surface area contributed by atoms with Gasteiger partial charge in [-0.2, -0.15) is 0 Å². The molecular formula is C15H24N4O. The number of amides is 1. The van der Waals surface area contributed by atoms with Crippen LogP contribution in [0.2, 0.25) is 0 Å². The van der Waals surface area contributed by atoms with Crippen molar-refractivity contribution in [2.75, 3.05) is 33.2 Å². The topological polar surface area (TPSA) is 48.5 Å². The Morgan fingerprint density at radius 2 is 2.10 bits per heavy atom. The van der Waals surface area contributed by atoms with Crippen LogP contribution in [0, 0.1) is 6.92 Å². The minimum atomic E-state index is -0.0633. The zero-order valence-electron chi connectivity index (χ0n) is 12.6. The molecule has 2 heterocycles. The molecule has 1 N–H and O–H groups in total. The molecule has 0 aromatic carbocycles. The Bertz CT molecular complexity index is 455. The molecule has 110 valence electrons. The van der Waals surface area contributed by atoms with Crippen molar-refractivity contribution in [3.8, 4) is 0 Å². The van der Waals surface area contributed by atoms with Crippen LogP contribution in [0.25, 0.3) is 0 Å². The van der Waals surface area contributed by atoms with Gasteiger partial charge in [0, 0.05) is 44.6 Å². The van der Waals surface area contributed by atoms with Gasteiger partial charge in [-0.25, -0.2) is 0 Å². The monoisotopic (exact) mass is 276 g/mol. The van der Waals surface area contributed by atoms with E-state index in [1.54, 1.807) is 6.20 Å². The molecule has 0 spiro atoms. The largest absolute Gasteiger partial charge is 0.351 e. The smallest absolute Gasteiger partial charge is 0.237 e. The maximum atomic E-state index is 12.2. The summed E-state index contributed by atoms with van der Waals surface area (Å²) in [5.74, 6) is 0.101. The number of nitrogens with one attached hydrogen (secondary N) is 1. The highest BCUT2D eigenvalue weighted by atomic mass is 16.2. The highest BCUT2D eigenvalue weighted by Gasteiger charge is 2.23. The average molecular weight is 276 g/mol. The van der Waals surface area contributed by atoms with Crippen LogP contribution >= 0.6 is 0 Å². The first-order chi connectivity index (χ1) is 9.56. The van der Waals surface area contributed by atoms with Crippen LogP contribution in [-0.4, -0.2) is 60.0 Å². The maximum Gasteiger partial charge on any atom is 0.237 e. The molecular weight excluding hydrogens is 252 g/mol. The predicted molar refractivity (Wildman–Crippen MR) is 79.4 cm³/mol. The molecule has 5 nitrogen and oxygen atoms in total. The summed E-state index contributed by atoms with van der Waals surface area (Å²) >= 11 is 0. The molecule has 5 heteroatoms. The second-order valence-corrected chi connectivity index (χ2v) is 5.54. The number of carbonyl (C=O) groups is 1. The third-order valence-electron chi connectivity index (χ3n) is 3.89. The Balaban J connectivity index is 1.82. The van der Waals surface area contributed by atoms with Crippen LogP contribution in [0.3, 0.4) is 0 Å². The zero-order chi connectivity index (χ0) is 14.5. The summed E-state index contributed by atoms with van der Waals surface area (Å²) in [6, 6.07) is 3.88. The summed E-state index contributed by atoms with van der Waals surface area (Å²) < 4.78 is 0. The molecule has 1 aliphatic heterocycles. The number of aryl methyl sites for hydroxylation is 1. The molecule has 0 saturated carbocycles. The number of likely N-dealkylation sites (N-methyl/N-ethyl adjacent to an activating group) is 1. The van der Waals surface area contributed by atoms with Crippen LogP contribution in [-0.2, 0) is 11.3 Å². The van der Waals surface area contributed by atoms with E-state index in [0.29, 0.717) is 6.54 Å². The van der Waals surface area contributed by atoms with Gasteiger partial charge in [-0.05, 0) is 38.6 Å². The number of aromatic nitrogens is 1. The molecule has 1 amide bonds.